The van der Waals surface area contributed by atoms with E-state index in [1.807, 2.05) is 30.3 Å². The topological polar surface area (TPSA) is 91.2 Å². The Morgan fingerprint density at radius 3 is 2.23 bits per heavy atom. The van der Waals surface area contributed by atoms with E-state index < -0.39 is 12.0 Å². The van der Waals surface area contributed by atoms with Crippen molar-refractivity contribution >= 4 is 52.3 Å². The number of anilines is 1. The molecule has 5 rings (SSSR count). The number of hydrogen-bond donors (Lipinski definition) is 2. The first kappa shape index (κ1) is 29.0. The molecule has 1 aliphatic rings. The summed E-state index contributed by atoms with van der Waals surface area (Å²) in [6.07, 6.45) is 0.599. The fraction of sp³-hybridized carbons (Fsp3) is 0.129. The van der Waals surface area contributed by atoms with Crippen LogP contribution < -0.4 is 15.4 Å². The molecule has 1 unspecified atom stereocenters. The number of carbonyl (C=O) groups excluding carboxylic acids is 2. The van der Waals surface area contributed by atoms with Crippen LogP contribution in [0, 0.1) is 17.2 Å². The van der Waals surface area contributed by atoms with Gasteiger partial charge in [0, 0.05) is 32.7 Å². The van der Waals surface area contributed by atoms with Crippen LogP contribution in [0.3, 0.4) is 0 Å². The van der Waals surface area contributed by atoms with Gasteiger partial charge in [0.15, 0.2) is 0 Å². The SMILES string of the molecule is Clc1ccccc1.N#Cc1ccc(Oc2ccc(Cl)cc2[C@H]2NC(=O)CCC2C(=O)Nc2cccc(Cl)c2)cc1. The minimum absolute atomic E-state index is 0.156. The molecule has 1 saturated heterocycles. The summed E-state index contributed by atoms with van der Waals surface area (Å²) >= 11 is 17.8. The smallest absolute Gasteiger partial charge is 0.229 e. The molecule has 0 spiro atoms. The molecule has 0 saturated carbocycles. The number of ether oxygens (including phenoxy) is 1. The Labute approximate surface area is 247 Å². The Morgan fingerprint density at radius 1 is 0.875 bits per heavy atom. The van der Waals surface area contributed by atoms with Gasteiger partial charge in [-0.25, -0.2) is 0 Å². The minimum Gasteiger partial charge on any atom is -0.457 e. The fourth-order valence-corrected chi connectivity index (χ4v) is 4.69. The van der Waals surface area contributed by atoms with Gasteiger partial charge in [0.25, 0.3) is 0 Å². The summed E-state index contributed by atoms with van der Waals surface area (Å²) in [6, 6.07) is 29.5. The molecule has 0 aliphatic carbocycles. The van der Waals surface area contributed by atoms with Crippen LogP contribution in [0.25, 0.3) is 0 Å². The third kappa shape index (κ3) is 8.00. The third-order valence-electron chi connectivity index (χ3n) is 6.08. The third-order valence-corrected chi connectivity index (χ3v) is 6.80. The number of amides is 2. The zero-order valence-electron chi connectivity index (χ0n) is 21.1. The summed E-state index contributed by atoms with van der Waals surface area (Å²) in [4.78, 5) is 25.5. The highest BCUT2D eigenvalue weighted by Gasteiger charge is 2.36. The van der Waals surface area contributed by atoms with Crippen molar-refractivity contribution < 1.29 is 14.3 Å². The van der Waals surface area contributed by atoms with Crippen molar-refractivity contribution in [3.05, 3.63) is 123 Å². The van der Waals surface area contributed by atoms with Crippen molar-refractivity contribution in [3.63, 3.8) is 0 Å². The average molecular weight is 593 g/mol. The van der Waals surface area contributed by atoms with Crippen LogP contribution in [-0.2, 0) is 9.59 Å². The molecule has 0 aromatic heterocycles. The molecule has 0 radical (unpaired) electrons. The lowest BCUT2D eigenvalue weighted by molar-refractivity contribution is -0.128. The zero-order valence-corrected chi connectivity index (χ0v) is 23.4. The Kier molecular flexibility index (Phi) is 10.0. The highest BCUT2D eigenvalue weighted by molar-refractivity contribution is 6.31. The second-order valence-electron chi connectivity index (χ2n) is 8.91. The van der Waals surface area contributed by atoms with Crippen LogP contribution in [0.4, 0.5) is 5.69 Å². The van der Waals surface area contributed by atoms with Crippen LogP contribution in [0.5, 0.6) is 11.5 Å². The first-order valence-electron chi connectivity index (χ1n) is 12.4. The number of carbonyl (C=O) groups is 2. The number of benzene rings is 4. The molecule has 1 aliphatic heterocycles. The predicted octanol–water partition coefficient (Wildman–Crippen LogP) is 8.20. The van der Waals surface area contributed by atoms with Gasteiger partial charge in [-0.3, -0.25) is 9.59 Å². The van der Waals surface area contributed by atoms with Gasteiger partial charge in [0.2, 0.25) is 11.8 Å². The van der Waals surface area contributed by atoms with Crippen molar-refractivity contribution in [2.24, 2.45) is 5.92 Å². The molecule has 2 amide bonds. The number of halogens is 3. The molecule has 202 valence electrons. The molecule has 9 heteroatoms. The number of nitriles is 1. The van der Waals surface area contributed by atoms with E-state index in [9.17, 15) is 9.59 Å². The summed E-state index contributed by atoms with van der Waals surface area (Å²) in [7, 11) is 0. The Hall–Kier alpha value is -4.02. The van der Waals surface area contributed by atoms with E-state index in [0.29, 0.717) is 44.8 Å². The van der Waals surface area contributed by atoms with Gasteiger partial charge in [-0.2, -0.15) is 5.26 Å². The van der Waals surface area contributed by atoms with Crippen molar-refractivity contribution in [2.45, 2.75) is 18.9 Å². The van der Waals surface area contributed by atoms with Gasteiger partial charge in [-0.15, -0.1) is 0 Å². The second-order valence-corrected chi connectivity index (χ2v) is 10.2. The maximum absolute atomic E-state index is 13.2. The highest BCUT2D eigenvalue weighted by atomic mass is 35.5. The highest BCUT2D eigenvalue weighted by Crippen LogP contribution is 2.39. The first-order valence-corrected chi connectivity index (χ1v) is 13.5. The number of rotatable bonds is 5. The van der Waals surface area contributed by atoms with Crippen LogP contribution in [0.1, 0.15) is 30.0 Å². The monoisotopic (exact) mass is 591 g/mol. The number of nitrogens with one attached hydrogen (secondary N) is 2. The molecule has 2 N–H and O–H groups in total. The molecule has 1 fully saturated rings. The van der Waals surface area contributed by atoms with Gasteiger partial charge < -0.3 is 15.4 Å². The van der Waals surface area contributed by atoms with Crippen LogP contribution in [0.15, 0.2) is 97.1 Å². The van der Waals surface area contributed by atoms with Crippen LogP contribution in [0.2, 0.25) is 15.1 Å². The van der Waals surface area contributed by atoms with Crippen molar-refractivity contribution in [1.82, 2.24) is 5.32 Å². The lowest BCUT2D eigenvalue weighted by Crippen LogP contribution is -2.43. The summed E-state index contributed by atoms with van der Waals surface area (Å²) < 4.78 is 6.05. The predicted molar refractivity (Wildman–Crippen MR) is 158 cm³/mol. The first-order chi connectivity index (χ1) is 19.3. The van der Waals surface area contributed by atoms with Gasteiger partial charge in [-0.1, -0.05) is 59.1 Å². The second kappa shape index (κ2) is 13.9. The molecule has 4 aromatic carbocycles. The molecule has 1 heterocycles. The average Bonchev–Trinajstić information content (AvgIpc) is 2.95. The molecular weight excluding hydrogens is 569 g/mol. The largest absolute Gasteiger partial charge is 0.457 e. The van der Waals surface area contributed by atoms with Gasteiger partial charge in [-0.05, 0) is 79.2 Å². The number of piperidine rings is 1. The standard InChI is InChI=1S/C25H19Cl2N3O3.C6H5Cl/c26-16-2-1-3-18(12-16)29-25(32)20-9-11-23(31)30-24(20)21-13-17(27)6-10-22(21)33-19-7-4-15(14-28)5-8-19;7-6-4-2-1-3-5-6/h1-8,10,12-13,20,24H,9,11H2,(H,29,32)(H,30,31);1-5H/t20?,24-;/m0./s1. The lowest BCUT2D eigenvalue weighted by atomic mass is 9.84. The summed E-state index contributed by atoms with van der Waals surface area (Å²) in [5.41, 5.74) is 1.67. The summed E-state index contributed by atoms with van der Waals surface area (Å²) in [5, 5.41) is 16.6. The van der Waals surface area contributed by atoms with E-state index in [4.69, 9.17) is 44.8 Å². The van der Waals surface area contributed by atoms with Crippen LogP contribution >= 0.6 is 34.8 Å². The summed E-state index contributed by atoms with van der Waals surface area (Å²) in [5.74, 6) is 0.0163. The van der Waals surface area contributed by atoms with E-state index >= 15 is 0 Å². The van der Waals surface area contributed by atoms with Crippen molar-refractivity contribution in [3.8, 4) is 17.6 Å². The van der Waals surface area contributed by atoms with E-state index in [2.05, 4.69) is 16.7 Å². The van der Waals surface area contributed by atoms with E-state index in [1.54, 1.807) is 66.7 Å². The maximum atomic E-state index is 13.2. The van der Waals surface area contributed by atoms with Gasteiger partial charge >= 0.3 is 0 Å². The van der Waals surface area contributed by atoms with E-state index in [-0.39, 0.29) is 18.2 Å². The number of nitrogens with zero attached hydrogens (tertiary/aromatic N) is 1. The van der Waals surface area contributed by atoms with E-state index in [0.717, 1.165) is 5.02 Å². The number of hydrogen-bond acceptors (Lipinski definition) is 4. The zero-order chi connectivity index (χ0) is 28.5. The van der Waals surface area contributed by atoms with Gasteiger partial charge in [0.1, 0.15) is 11.5 Å². The maximum Gasteiger partial charge on any atom is 0.229 e. The fourth-order valence-electron chi connectivity index (χ4n) is 4.17. The Balaban J connectivity index is 0.000000461. The molecule has 0 bridgehead atoms. The molecular formula is C31H24Cl3N3O3. The molecule has 2 atom stereocenters. The van der Waals surface area contributed by atoms with E-state index in [1.165, 1.54) is 0 Å². The van der Waals surface area contributed by atoms with Crippen LogP contribution in [-0.4, -0.2) is 11.8 Å². The minimum atomic E-state index is -0.641. The molecule has 4 aromatic rings. The molecule has 6 nitrogen and oxygen atoms in total. The summed E-state index contributed by atoms with van der Waals surface area (Å²) in [6.45, 7) is 0. The Morgan fingerprint density at radius 2 is 1.57 bits per heavy atom. The quantitative estimate of drug-likeness (QED) is 0.244. The lowest BCUT2D eigenvalue weighted by Gasteiger charge is -2.32. The normalized spacial score (nSPS) is 16.0. The van der Waals surface area contributed by atoms with Crippen molar-refractivity contribution in [1.29, 1.82) is 5.26 Å². The van der Waals surface area contributed by atoms with Crippen molar-refractivity contribution in [2.75, 3.05) is 5.32 Å². The van der Waals surface area contributed by atoms with Gasteiger partial charge in [0.05, 0.1) is 23.6 Å². The Bertz CT molecular complexity index is 1520. The molecule has 40 heavy (non-hydrogen) atoms.